The van der Waals surface area contributed by atoms with Gasteiger partial charge in [-0.2, -0.15) is 0 Å². The van der Waals surface area contributed by atoms with E-state index in [-0.39, 0.29) is 57.1 Å². The standard InChI is InChI=1S/C35H58N12O16/c1-15(2)9-20(44-29(57)18(11-24(37)50)42-28(56)17(5-3-7-40-35(38)39)41-27(55)16(36)10-25(51)52)33(61)47-8-4-6-23(47)32(60)45-21(13-48)31(59)43-19(12-26(53)54)30(58)46-22(14-49)34(62)63/h15-23,48-49H,3-14,36H2,1-2H3,(H2,37,50)(H,41,55)(H,42,56)(H,43,59)(H,44,57)(H,45,60)(H,46,58)(H,51,52)(H,53,54)(H,62,63)(H4,38,39,40)/t16-,17-,18-,19-,20-,21-,22-,23-/m0/s1. The summed E-state index contributed by atoms with van der Waals surface area (Å²) in [6.45, 7) is 1.17. The molecule has 0 bridgehead atoms. The fraction of sp³-hybridized carbons (Fsp3) is 0.657. The minimum Gasteiger partial charge on any atom is -0.481 e. The maximum Gasteiger partial charge on any atom is 0.328 e. The number of amides is 8. The number of rotatable bonds is 28. The molecule has 28 heteroatoms. The van der Waals surface area contributed by atoms with Crippen molar-refractivity contribution in [3.8, 4) is 0 Å². The largest absolute Gasteiger partial charge is 0.481 e. The molecule has 1 saturated heterocycles. The van der Waals surface area contributed by atoms with Crippen molar-refractivity contribution in [1.82, 2.24) is 36.8 Å². The van der Waals surface area contributed by atoms with Crippen molar-refractivity contribution in [3.05, 3.63) is 0 Å². The lowest BCUT2D eigenvalue weighted by Gasteiger charge is -2.31. The van der Waals surface area contributed by atoms with Crippen molar-refractivity contribution < 1.29 is 78.3 Å². The number of nitrogens with one attached hydrogen (secondary N) is 6. The van der Waals surface area contributed by atoms with E-state index in [4.69, 9.17) is 33.1 Å². The zero-order chi connectivity index (χ0) is 48.1. The molecule has 0 saturated carbocycles. The summed E-state index contributed by atoms with van der Waals surface area (Å²) in [5.74, 6) is -13.8. The third-order valence-corrected chi connectivity index (χ3v) is 9.13. The maximum absolute atomic E-state index is 14.1. The fourth-order valence-electron chi connectivity index (χ4n) is 6.06. The molecule has 0 aromatic carbocycles. The fourth-order valence-corrected chi connectivity index (χ4v) is 6.06. The van der Waals surface area contributed by atoms with Crippen LogP contribution in [0.25, 0.3) is 0 Å². The third-order valence-electron chi connectivity index (χ3n) is 9.13. The summed E-state index contributed by atoms with van der Waals surface area (Å²) in [6.07, 6.45) is -2.53. The van der Waals surface area contributed by atoms with Crippen LogP contribution >= 0.6 is 0 Å². The van der Waals surface area contributed by atoms with Crippen molar-refractivity contribution in [3.63, 3.8) is 0 Å². The van der Waals surface area contributed by atoms with E-state index in [9.17, 15) is 68.1 Å². The number of carbonyl (C=O) groups excluding carboxylic acids is 8. The summed E-state index contributed by atoms with van der Waals surface area (Å²) >= 11 is 0. The number of hydrogen-bond donors (Lipinski definition) is 15. The molecule has 63 heavy (non-hydrogen) atoms. The van der Waals surface area contributed by atoms with Gasteiger partial charge in [-0.15, -0.1) is 0 Å². The molecule has 28 nitrogen and oxygen atoms in total. The van der Waals surface area contributed by atoms with Crippen LogP contribution in [0.2, 0.25) is 0 Å². The smallest absolute Gasteiger partial charge is 0.328 e. The molecule has 0 aromatic heterocycles. The van der Waals surface area contributed by atoms with Gasteiger partial charge in [-0.25, -0.2) is 4.79 Å². The molecule has 19 N–H and O–H groups in total. The normalized spacial score (nSPS) is 16.7. The lowest BCUT2D eigenvalue weighted by molar-refractivity contribution is -0.144. The third kappa shape index (κ3) is 19.3. The van der Waals surface area contributed by atoms with Crippen LogP contribution in [-0.2, 0) is 52.7 Å². The van der Waals surface area contributed by atoms with Gasteiger partial charge in [0.2, 0.25) is 47.3 Å². The second-order valence-corrected chi connectivity index (χ2v) is 14.8. The molecule has 0 radical (unpaired) electrons. The molecule has 354 valence electrons. The van der Waals surface area contributed by atoms with Gasteiger partial charge < -0.3 is 85.3 Å². The van der Waals surface area contributed by atoms with Gasteiger partial charge in [0.1, 0.15) is 42.3 Å². The second-order valence-electron chi connectivity index (χ2n) is 14.8. The summed E-state index contributed by atoms with van der Waals surface area (Å²) < 4.78 is 0. The van der Waals surface area contributed by atoms with Gasteiger partial charge in [0.25, 0.3) is 0 Å². The number of aliphatic carboxylic acids is 3. The van der Waals surface area contributed by atoms with Crippen LogP contribution < -0.4 is 54.8 Å². The highest BCUT2D eigenvalue weighted by Crippen LogP contribution is 2.21. The summed E-state index contributed by atoms with van der Waals surface area (Å²) in [5.41, 5.74) is 21.7. The predicted octanol–water partition coefficient (Wildman–Crippen LogP) is -7.79. The number of aliphatic hydroxyl groups excluding tert-OH is 2. The lowest BCUT2D eigenvalue weighted by Crippen LogP contribution is -2.61. The Kier molecular flexibility index (Phi) is 23.0. The van der Waals surface area contributed by atoms with Gasteiger partial charge in [0.15, 0.2) is 5.96 Å². The van der Waals surface area contributed by atoms with E-state index >= 15 is 0 Å². The van der Waals surface area contributed by atoms with Crippen molar-refractivity contribution in [2.75, 3.05) is 26.3 Å². The first kappa shape index (κ1) is 54.3. The van der Waals surface area contributed by atoms with E-state index in [1.54, 1.807) is 13.8 Å². The summed E-state index contributed by atoms with van der Waals surface area (Å²) in [6, 6.07) is -13.1. The quantitative estimate of drug-likeness (QED) is 0.0197. The van der Waals surface area contributed by atoms with Crippen molar-refractivity contribution in [2.45, 2.75) is 114 Å². The topological polar surface area (TPSA) is 481 Å². The molecule has 0 aromatic rings. The van der Waals surface area contributed by atoms with Gasteiger partial charge in [0, 0.05) is 13.1 Å². The predicted molar refractivity (Wildman–Crippen MR) is 214 cm³/mol. The number of hydrogen-bond acceptors (Lipinski definition) is 15. The molecule has 0 unspecified atom stereocenters. The van der Waals surface area contributed by atoms with Crippen molar-refractivity contribution >= 4 is 71.1 Å². The number of guanidine groups is 1. The van der Waals surface area contributed by atoms with Crippen LogP contribution in [0.15, 0.2) is 4.99 Å². The summed E-state index contributed by atoms with van der Waals surface area (Å²) in [4.78, 5) is 144. The Morgan fingerprint density at radius 3 is 1.63 bits per heavy atom. The average Bonchev–Trinajstić information content (AvgIpc) is 3.68. The molecule has 1 fully saturated rings. The molecular formula is C35H58N12O16. The number of primary amides is 1. The Morgan fingerprint density at radius 1 is 0.651 bits per heavy atom. The zero-order valence-electron chi connectivity index (χ0n) is 34.6. The minimum absolute atomic E-state index is 0.00857. The molecule has 8 amide bonds. The number of aliphatic imine (C=N–C) groups is 1. The Balaban J connectivity index is 3.30. The van der Waals surface area contributed by atoms with E-state index in [0.717, 1.165) is 4.90 Å². The van der Waals surface area contributed by atoms with Gasteiger partial charge in [0.05, 0.1) is 38.5 Å². The number of carbonyl (C=O) groups is 11. The molecular weight excluding hydrogens is 844 g/mol. The number of nitrogens with zero attached hydrogens (tertiary/aromatic N) is 2. The zero-order valence-corrected chi connectivity index (χ0v) is 34.6. The van der Waals surface area contributed by atoms with E-state index < -0.39 is 146 Å². The highest BCUT2D eigenvalue weighted by Gasteiger charge is 2.40. The molecule has 1 aliphatic heterocycles. The number of likely N-dealkylation sites (tertiary alicyclic amines) is 1. The summed E-state index contributed by atoms with van der Waals surface area (Å²) in [7, 11) is 0. The van der Waals surface area contributed by atoms with Gasteiger partial charge in [-0.3, -0.25) is 52.9 Å². The molecule has 0 spiro atoms. The van der Waals surface area contributed by atoms with Crippen LogP contribution in [-0.4, -0.2) is 176 Å². The SMILES string of the molecule is CC(C)C[C@H](NC(=O)[C@H](CC(N)=O)NC(=O)[C@H](CCCN=C(N)N)NC(=O)[C@@H](N)CC(=O)O)C(=O)N1CCC[C@H]1C(=O)N[C@@H](CO)C(=O)N[C@@H](CC(=O)O)C(=O)N[C@@H](CO)C(=O)O. The Labute approximate surface area is 359 Å². The van der Waals surface area contributed by atoms with Crippen LogP contribution in [0.3, 0.4) is 0 Å². The van der Waals surface area contributed by atoms with E-state index in [1.165, 1.54) is 0 Å². The van der Waals surface area contributed by atoms with E-state index in [2.05, 4.69) is 26.3 Å². The Hall–Kier alpha value is -6.68. The molecule has 1 rings (SSSR count). The average molecular weight is 903 g/mol. The maximum atomic E-state index is 14.1. The molecule has 0 aliphatic carbocycles. The van der Waals surface area contributed by atoms with E-state index in [0.29, 0.717) is 0 Å². The van der Waals surface area contributed by atoms with Crippen LogP contribution in [0.1, 0.15) is 65.2 Å². The van der Waals surface area contributed by atoms with Crippen LogP contribution in [0, 0.1) is 5.92 Å². The Morgan fingerprint density at radius 2 is 1.14 bits per heavy atom. The highest BCUT2D eigenvalue weighted by molar-refractivity contribution is 5.99. The van der Waals surface area contributed by atoms with Crippen LogP contribution in [0.4, 0.5) is 0 Å². The first-order chi connectivity index (χ1) is 29.4. The monoisotopic (exact) mass is 902 g/mol. The first-order valence-electron chi connectivity index (χ1n) is 19.5. The Bertz CT molecular complexity index is 1730. The van der Waals surface area contributed by atoms with Gasteiger partial charge in [-0.1, -0.05) is 13.8 Å². The minimum atomic E-state index is -1.93. The number of nitrogens with two attached hydrogens (primary N) is 4. The van der Waals surface area contributed by atoms with Crippen LogP contribution in [0.5, 0.6) is 0 Å². The number of carboxylic acids is 3. The van der Waals surface area contributed by atoms with Crippen molar-refractivity contribution in [2.24, 2.45) is 33.8 Å². The van der Waals surface area contributed by atoms with Gasteiger partial charge >= 0.3 is 17.9 Å². The first-order valence-corrected chi connectivity index (χ1v) is 19.5. The second kappa shape index (κ2) is 26.6. The van der Waals surface area contributed by atoms with E-state index in [1.807, 2.05) is 10.6 Å². The number of carboxylic acid groups (broad SMARTS) is 3. The number of aliphatic hydroxyl groups is 2. The van der Waals surface area contributed by atoms with Crippen molar-refractivity contribution in [1.29, 1.82) is 0 Å². The molecule has 8 atom stereocenters. The van der Waals surface area contributed by atoms with Gasteiger partial charge in [-0.05, 0) is 38.0 Å². The molecule has 1 heterocycles. The molecule has 1 aliphatic rings. The highest BCUT2D eigenvalue weighted by atomic mass is 16.4. The summed E-state index contributed by atoms with van der Waals surface area (Å²) in [5, 5.41) is 59.7. The lowest BCUT2D eigenvalue weighted by atomic mass is 10.0.